The number of pyridine rings is 2. The summed E-state index contributed by atoms with van der Waals surface area (Å²) in [7, 11) is -2.48. The molecule has 4 N–H and O–H groups in total. The number of H-pyrrole nitrogens is 2. The summed E-state index contributed by atoms with van der Waals surface area (Å²) >= 11 is 16.9. The third-order valence-corrected chi connectivity index (χ3v) is 16.0. The number of morpholine rings is 2. The summed E-state index contributed by atoms with van der Waals surface area (Å²) in [5.41, 5.74) is 14.0. The number of aromatic nitrogens is 13. The van der Waals surface area contributed by atoms with E-state index in [-0.39, 0.29) is 0 Å². The molecule has 12 aromatic rings. The van der Waals surface area contributed by atoms with E-state index >= 15 is 0 Å². The molecule has 2 aliphatic heterocycles. The number of hydrogen-bond acceptors (Lipinski definition) is 14. The number of halogens is 4. The topological polar surface area (TPSA) is 213 Å². The summed E-state index contributed by atoms with van der Waals surface area (Å²) in [5, 5.41) is 33.8. The molecule has 0 unspecified atom stereocenters. The van der Waals surface area contributed by atoms with E-state index < -0.39 is 15.2 Å². The van der Waals surface area contributed by atoms with Gasteiger partial charge in [-0.15, -0.1) is 18.4 Å². The molecule has 0 radical (unpaired) electrons. The van der Waals surface area contributed by atoms with E-state index in [0.29, 0.717) is 27.1 Å². The van der Waals surface area contributed by atoms with Gasteiger partial charge in [0.25, 0.3) is 0 Å². The van der Waals surface area contributed by atoms with Crippen molar-refractivity contribution in [2.45, 2.75) is 32.7 Å². The van der Waals surface area contributed by atoms with Crippen molar-refractivity contribution in [1.82, 2.24) is 73.5 Å². The molecule has 25 heteroatoms. The first kappa shape index (κ1) is 64.7. The van der Waals surface area contributed by atoms with Gasteiger partial charge >= 0.3 is 7.12 Å². The summed E-state index contributed by atoms with van der Waals surface area (Å²) in [6.07, 6.45) is 22.7. The Morgan fingerprint density at radius 1 is 0.602 bits per heavy atom. The lowest BCUT2D eigenvalue weighted by atomic mass is 9.80. The molecule has 0 spiro atoms. The second-order valence-corrected chi connectivity index (χ2v) is 28.2. The van der Waals surface area contributed by atoms with E-state index in [4.69, 9.17) is 60.7 Å². The molecule has 14 rings (SSSR count). The van der Waals surface area contributed by atoms with Crippen molar-refractivity contribution in [1.29, 1.82) is 0 Å². The molecule has 2 aromatic carbocycles. The lowest BCUT2D eigenvalue weighted by Crippen LogP contribution is -2.36. The number of imidazole rings is 3. The van der Waals surface area contributed by atoms with Crippen molar-refractivity contribution in [3.63, 3.8) is 0 Å². The summed E-state index contributed by atoms with van der Waals surface area (Å²) in [4.78, 5) is 31.9. The van der Waals surface area contributed by atoms with Gasteiger partial charge in [0.1, 0.15) is 44.8 Å². The average molecular weight is 1410 g/mol. The number of terminal acetylenes is 2. The van der Waals surface area contributed by atoms with Gasteiger partial charge in [-0.05, 0) is 128 Å². The van der Waals surface area contributed by atoms with E-state index in [9.17, 15) is 0 Å². The Hall–Kier alpha value is -7.81. The van der Waals surface area contributed by atoms with Crippen molar-refractivity contribution in [3.05, 3.63) is 199 Å². The highest BCUT2D eigenvalue weighted by molar-refractivity contribution is 14.1. The van der Waals surface area contributed by atoms with Crippen LogP contribution in [-0.4, -0.2) is 151 Å². The maximum atomic E-state index is 8.96. The first-order valence-corrected chi connectivity index (χ1v) is 33.9. The second-order valence-electron chi connectivity index (χ2n) is 20.7. The molecule has 0 bridgehead atoms. The van der Waals surface area contributed by atoms with E-state index in [1.165, 1.54) is 15.6 Å². The van der Waals surface area contributed by atoms with Crippen molar-refractivity contribution in [2.75, 3.05) is 52.6 Å². The monoisotopic (exact) mass is 1410 g/mol. The van der Waals surface area contributed by atoms with Crippen LogP contribution in [-0.2, 0) is 22.6 Å². The molecule has 10 aromatic heterocycles. The second kappa shape index (κ2) is 31.4. The quantitative estimate of drug-likeness (QED) is 0.0693. The Bertz CT molecular complexity index is 4400. The van der Waals surface area contributed by atoms with Crippen molar-refractivity contribution < 1.29 is 19.5 Å². The fourth-order valence-electron chi connectivity index (χ4n) is 8.62. The van der Waals surface area contributed by atoms with Gasteiger partial charge in [-0.1, -0.05) is 97.3 Å². The minimum atomic E-state index is -1.38. The number of nitrogens with one attached hydrogen (secondary N) is 2. The highest BCUT2D eigenvalue weighted by atomic mass is 127. The number of fused-ring (bicyclic) bond motifs is 5. The van der Waals surface area contributed by atoms with Crippen LogP contribution in [0.5, 0.6) is 0 Å². The Kier molecular flexibility index (Phi) is 23.1. The maximum absolute atomic E-state index is 8.96. The molecule has 2 aliphatic rings. The SMILES string of the molecule is Brc1ccnc2[nH]ccc12.C#C[Si](C)(C)C.C#Cc1cnc2ccc(Cl)nn12.C(#Cc1cnc2ccc(-c3ccc(CN4CCOCC4)cc3)nn12)c1ccnc2[nH]ccc12.Clc1ccc2ncc(I)n2n1.OB(O)c1ccc(CN2CCOCC2)cc1. The van der Waals surface area contributed by atoms with Crippen LogP contribution in [0.25, 0.3) is 50.3 Å². The van der Waals surface area contributed by atoms with Crippen LogP contribution in [0.15, 0.2) is 157 Å². The Morgan fingerprint density at radius 2 is 1.10 bits per heavy atom. The molecule has 0 saturated carbocycles. The van der Waals surface area contributed by atoms with E-state index in [1.54, 1.807) is 70.3 Å². The molecule has 2 fully saturated rings. The largest absolute Gasteiger partial charge is 0.488 e. The van der Waals surface area contributed by atoms with Gasteiger partial charge in [-0.2, -0.15) is 15.3 Å². The van der Waals surface area contributed by atoms with Gasteiger partial charge in [-0.25, -0.2) is 38.5 Å². The molecule has 0 atom stereocenters. The molecule has 446 valence electrons. The molecule has 0 aliphatic carbocycles. The Balaban J connectivity index is 0.000000140. The van der Waals surface area contributed by atoms with Gasteiger partial charge in [0.05, 0.1) is 50.7 Å². The van der Waals surface area contributed by atoms with Crippen LogP contribution in [0.4, 0.5) is 0 Å². The number of rotatable bonds is 6. The normalized spacial score (nSPS) is 13.2. The van der Waals surface area contributed by atoms with Crippen molar-refractivity contribution >= 4 is 121 Å². The number of aromatic amines is 2. The third-order valence-electron chi connectivity index (χ3n) is 13.3. The summed E-state index contributed by atoms with van der Waals surface area (Å²) in [6, 6.07) is 34.8. The fraction of sp³-hybridized carbons (Fsp3) is 0.206. The number of ether oxygens (including phenoxy) is 2. The van der Waals surface area contributed by atoms with Gasteiger partial charge in [0.2, 0.25) is 0 Å². The Labute approximate surface area is 542 Å². The summed E-state index contributed by atoms with van der Waals surface area (Å²) < 4.78 is 17.8. The zero-order chi connectivity index (χ0) is 62.0. The minimum absolute atomic E-state index is 0.400. The molecule has 19 nitrogen and oxygen atoms in total. The minimum Gasteiger partial charge on any atom is -0.423 e. The predicted molar refractivity (Wildman–Crippen MR) is 362 cm³/mol. The number of benzene rings is 2. The summed E-state index contributed by atoms with van der Waals surface area (Å²) in [5.74, 6) is 8.94. The van der Waals surface area contributed by atoms with Gasteiger partial charge in [0.15, 0.2) is 16.9 Å². The van der Waals surface area contributed by atoms with E-state index in [1.807, 2.05) is 67.0 Å². The lowest BCUT2D eigenvalue weighted by Gasteiger charge is -2.26. The molecule has 12 heterocycles. The smallest absolute Gasteiger partial charge is 0.423 e. The third kappa shape index (κ3) is 18.2. The van der Waals surface area contributed by atoms with Crippen LogP contribution in [0.2, 0.25) is 29.9 Å². The van der Waals surface area contributed by atoms with Crippen LogP contribution >= 0.6 is 61.7 Å². The van der Waals surface area contributed by atoms with Crippen LogP contribution in [0.1, 0.15) is 28.1 Å². The Morgan fingerprint density at radius 3 is 1.67 bits per heavy atom. The first-order valence-electron chi connectivity index (χ1n) is 27.7. The molecule has 88 heavy (non-hydrogen) atoms. The molecular formula is C63H60BBrCl2IN15O4Si. The van der Waals surface area contributed by atoms with Crippen molar-refractivity contribution in [3.8, 4) is 47.4 Å². The van der Waals surface area contributed by atoms with Crippen LogP contribution in [0.3, 0.4) is 0 Å². The standard InChI is InChI=1S/C26H22N6O.C11H16BNO3.C8H4ClN3.C7H5BrN2.C6H3ClIN3.C5H10Si/c1-3-21(4-2-19(1)18-31-13-15-33-16-14-31)24-7-8-25-29-17-22(32(25)30-24)6-5-20-9-11-27-26-23(20)10-12-28-26;14-12(15)11-3-1-10(2-4-11)9-13-5-7-16-8-6-13;1-2-6-5-10-8-4-3-7(9)11-12(6)8;8-6-2-4-10-7-5(6)1-3-9-7;7-4-1-2-6-9-3-5(8)11(6)10-4;1-5-6(2,3)4/h1-4,7-12,17H,13-16,18H2,(H,27,28);1-4,14-15H,5-9H2;1,3-5H;1-4H,(H,9,10);1-3H;1H,2-4H3. The van der Waals surface area contributed by atoms with Crippen molar-refractivity contribution in [2.24, 2.45) is 0 Å². The first-order chi connectivity index (χ1) is 42.6. The maximum Gasteiger partial charge on any atom is 0.488 e. The average Bonchev–Trinajstić information content (AvgIpc) is 4.06. The lowest BCUT2D eigenvalue weighted by molar-refractivity contribution is 0.0341. The van der Waals surface area contributed by atoms with Crippen LogP contribution in [0, 0.1) is 39.9 Å². The fourth-order valence-corrected chi connectivity index (χ4v) is 9.83. The van der Waals surface area contributed by atoms with Gasteiger partial charge in [0, 0.05) is 90.4 Å². The van der Waals surface area contributed by atoms with Gasteiger partial charge < -0.3 is 29.5 Å². The van der Waals surface area contributed by atoms with E-state index in [2.05, 4.69) is 161 Å². The number of hydrogen-bond donors (Lipinski definition) is 4. The molecule has 2 saturated heterocycles. The van der Waals surface area contributed by atoms with E-state index in [0.717, 1.165) is 130 Å². The van der Waals surface area contributed by atoms with Crippen LogP contribution < -0.4 is 5.46 Å². The molecular weight excluding hydrogens is 1350 g/mol. The highest BCUT2D eigenvalue weighted by Gasteiger charge is 2.15. The van der Waals surface area contributed by atoms with Gasteiger partial charge in [-0.3, -0.25) is 9.80 Å². The zero-order valence-electron chi connectivity index (χ0n) is 48.3. The highest BCUT2D eigenvalue weighted by Crippen LogP contribution is 2.22. The zero-order valence-corrected chi connectivity index (χ0v) is 54.5. The molecule has 0 amide bonds. The predicted octanol–water partition coefficient (Wildman–Crippen LogP) is 9.88. The summed E-state index contributed by atoms with van der Waals surface area (Å²) in [6.45, 7) is 15.4. The number of nitrogens with zero attached hydrogens (tertiary/aromatic N) is 13.